The molecule has 0 unspecified atom stereocenters. The lowest BCUT2D eigenvalue weighted by molar-refractivity contribution is 0.0730. The molecule has 1 aromatic carbocycles. The topological polar surface area (TPSA) is 115 Å². The number of hydrogen-bond donors (Lipinski definition) is 1. The number of rotatable bonds is 4. The first kappa shape index (κ1) is 17.8. The van der Waals surface area contributed by atoms with Crippen LogP contribution in [0.4, 0.5) is 11.6 Å². The molecule has 27 heavy (non-hydrogen) atoms. The summed E-state index contributed by atoms with van der Waals surface area (Å²) in [6, 6.07) is 6.48. The molecule has 0 atom stereocenters. The maximum absolute atomic E-state index is 12.6. The Labute approximate surface area is 156 Å². The van der Waals surface area contributed by atoms with Gasteiger partial charge in [0.25, 0.3) is 0 Å². The summed E-state index contributed by atoms with van der Waals surface area (Å²) < 4.78 is 33.6. The summed E-state index contributed by atoms with van der Waals surface area (Å²) in [6.07, 6.45) is 0. The minimum absolute atomic E-state index is 0.243. The first-order chi connectivity index (χ1) is 12.9. The molecule has 0 amide bonds. The molecule has 4 rings (SSSR count). The van der Waals surface area contributed by atoms with Gasteiger partial charge in [0.2, 0.25) is 16.0 Å². The first-order valence-electron chi connectivity index (χ1n) is 8.44. The van der Waals surface area contributed by atoms with Gasteiger partial charge in [-0.2, -0.15) is 9.40 Å². The van der Waals surface area contributed by atoms with Crippen LogP contribution in [-0.2, 0) is 21.8 Å². The smallest absolute Gasteiger partial charge is 0.247 e. The number of aryl methyl sites for hydroxylation is 2. The third-order valence-corrected chi connectivity index (χ3v) is 6.25. The van der Waals surface area contributed by atoms with Crippen LogP contribution in [0.2, 0.25) is 0 Å². The van der Waals surface area contributed by atoms with Gasteiger partial charge >= 0.3 is 0 Å². The fourth-order valence-electron chi connectivity index (χ4n) is 2.93. The summed E-state index contributed by atoms with van der Waals surface area (Å²) in [5.41, 5.74) is 2.70. The average molecular weight is 389 g/mol. The predicted molar refractivity (Wildman–Crippen MR) is 98.1 cm³/mol. The Kier molecular flexibility index (Phi) is 4.50. The Hall–Kier alpha value is -2.63. The van der Waals surface area contributed by atoms with Gasteiger partial charge in [0.1, 0.15) is 5.52 Å². The summed E-state index contributed by atoms with van der Waals surface area (Å²) in [7, 11) is -1.73. The number of morpholine rings is 1. The molecule has 0 bridgehead atoms. The summed E-state index contributed by atoms with van der Waals surface area (Å²) >= 11 is 0. The summed E-state index contributed by atoms with van der Waals surface area (Å²) in [6.45, 7) is 3.42. The van der Waals surface area contributed by atoms with Gasteiger partial charge in [0, 0.05) is 25.8 Å². The van der Waals surface area contributed by atoms with Crippen molar-refractivity contribution in [2.45, 2.75) is 11.8 Å². The average Bonchev–Trinajstić information content (AvgIpc) is 2.96. The minimum Gasteiger partial charge on any atom is -0.379 e. The van der Waals surface area contributed by atoms with E-state index in [0.29, 0.717) is 49.1 Å². The van der Waals surface area contributed by atoms with Crippen molar-refractivity contribution in [2.24, 2.45) is 7.05 Å². The fraction of sp³-hybridized carbons (Fsp3) is 0.375. The zero-order chi connectivity index (χ0) is 19.0. The van der Waals surface area contributed by atoms with Gasteiger partial charge in [-0.15, -0.1) is 10.2 Å². The fourth-order valence-corrected chi connectivity index (χ4v) is 4.34. The molecule has 1 aliphatic heterocycles. The van der Waals surface area contributed by atoms with Crippen LogP contribution in [-0.4, -0.2) is 64.0 Å². The SMILES string of the molecule is Cc1nn(C)c2nnc(Nc3ccc(S(=O)(=O)N4CCOCC4)cc3)nc12. The highest BCUT2D eigenvalue weighted by atomic mass is 32.2. The van der Waals surface area contributed by atoms with E-state index in [0.717, 1.165) is 5.69 Å². The number of anilines is 2. The number of hydrogen-bond acceptors (Lipinski definition) is 8. The third-order valence-electron chi connectivity index (χ3n) is 4.34. The van der Waals surface area contributed by atoms with Crippen LogP contribution in [0.25, 0.3) is 11.2 Å². The third kappa shape index (κ3) is 3.36. The molecule has 1 saturated heterocycles. The van der Waals surface area contributed by atoms with Crippen LogP contribution in [0.15, 0.2) is 29.2 Å². The molecule has 0 spiro atoms. The van der Waals surface area contributed by atoms with E-state index in [1.165, 1.54) is 4.31 Å². The monoisotopic (exact) mass is 389 g/mol. The van der Waals surface area contributed by atoms with Gasteiger partial charge in [-0.05, 0) is 31.2 Å². The van der Waals surface area contributed by atoms with Crippen LogP contribution in [0.1, 0.15) is 5.69 Å². The second-order valence-electron chi connectivity index (χ2n) is 6.18. The zero-order valence-corrected chi connectivity index (χ0v) is 15.8. The highest BCUT2D eigenvalue weighted by Crippen LogP contribution is 2.21. The van der Waals surface area contributed by atoms with E-state index in [4.69, 9.17) is 4.74 Å². The van der Waals surface area contributed by atoms with Crippen LogP contribution >= 0.6 is 0 Å². The van der Waals surface area contributed by atoms with Crippen molar-refractivity contribution in [3.63, 3.8) is 0 Å². The van der Waals surface area contributed by atoms with E-state index in [1.54, 1.807) is 36.0 Å². The molecule has 0 aliphatic carbocycles. The molecular weight excluding hydrogens is 370 g/mol. The van der Waals surface area contributed by atoms with Gasteiger partial charge in [0.05, 0.1) is 23.8 Å². The van der Waals surface area contributed by atoms with E-state index in [1.807, 2.05) is 6.92 Å². The molecule has 142 valence electrons. The van der Waals surface area contributed by atoms with Gasteiger partial charge in [-0.25, -0.2) is 18.1 Å². The molecule has 10 nitrogen and oxygen atoms in total. The molecule has 3 aromatic rings. The molecule has 1 aliphatic rings. The molecule has 2 aromatic heterocycles. The lowest BCUT2D eigenvalue weighted by atomic mass is 10.3. The van der Waals surface area contributed by atoms with Crippen molar-refractivity contribution in [3.8, 4) is 0 Å². The highest BCUT2D eigenvalue weighted by molar-refractivity contribution is 7.89. The predicted octanol–water partition coefficient (Wildman–Crippen LogP) is 0.831. The maximum Gasteiger partial charge on any atom is 0.247 e. The quantitative estimate of drug-likeness (QED) is 0.698. The highest BCUT2D eigenvalue weighted by Gasteiger charge is 2.26. The molecular formula is C16H19N7O3S. The molecule has 11 heteroatoms. The van der Waals surface area contributed by atoms with Crippen LogP contribution < -0.4 is 5.32 Å². The van der Waals surface area contributed by atoms with Crippen molar-refractivity contribution < 1.29 is 13.2 Å². The minimum atomic E-state index is -3.51. The van der Waals surface area contributed by atoms with E-state index >= 15 is 0 Å². The number of ether oxygens (including phenoxy) is 1. The largest absolute Gasteiger partial charge is 0.379 e. The normalized spacial score (nSPS) is 15.9. The van der Waals surface area contributed by atoms with Crippen LogP contribution in [0.3, 0.4) is 0 Å². The van der Waals surface area contributed by atoms with Crippen LogP contribution in [0, 0.1) is 6.92 Å². The van der Waals surface area contributed by atoms with Crippen LogP contribution in [0.5, 0.6) is 0 Å². The van der Waals surface area contributed by atoms with Gasteiger partial charge < -0.3 is 10.1 Å². The Bertz CT molecular complexity index is 1070. The molecule has 0 radical (unpaired) electrons. The second kappa shape index (κ2) is 6.83. The van der Waals surface area contributed by atoms with E-state index in [2.05, 4.69) is 25.6 Å². The van der Waals surface area contributed by atoms with E-state index in [9.17, 15) is 8.42 Å². The van der Waals surface area contributed by atoms with E-state index < -0.39 is 10.0 Å². The van der Waals surface area contributed by atoms with Crippen molar-refractivity contribution in [2.75, 3.05) is 31.6 Å². The molecule has 0 saturated carbocycles. The maximum atomic E-state index is 12.6. The number of fused-ring (bicyclic) bond motifs is 1. The number of nitrogens with zero attached hydrogens (tertiary/aromatic N) is 6. The van der Waals surface area contributed by atoms with Gasteiger partial charge in [-0.3, -0.25) is 0 Å². The molecule has 1 fully saturated rings. The summed E-state index contributed by atoms with van der Waals surface area (Å²) in [5.74, 6) is 0.322. The molecule has 1 N–H and O–H groups in total. The first-order valence-corrected chi connectivity index (χ1v) is 9.88. The Balaban J connectivity index is 1.55. The number of benzene rings is 1. The summed E-state index contributed by atoms with van der Waals surface area (Å²) in [4.78, 5) is 4.67. The summed E-state index contributed by atoms with van der Waals surface area (Å²) in [5, 5.41) is 15.5. The Morgan fingerprint density at radius 2 is 1.81 bits per heavy atom. The van der Waals surface area contributed by atoms with Gasteiger partial charge in [-0.1, -0.05) is 0 Å². The van der Waals surface area contributed by atoms with E-state index in [-0.39, 0.29) is 4.90 Å². The number of nitrogens with one attached hydrogen (secondary N) is 1. The van der Waals surface area contributed by atoms with Crippen molar-refractivity contribution >= 4 is 32.8 Å². The Morgan fingerprint density at radius 3 is 2.52 bits per heavy atom. The standard InChI is InChI=1S/C16H19N7O3S/c1-11-14-15(22(2)21-11)19-20-16(18-14)17-12-3-5-13(6-4-12)27(24,25)23-7-9-26-10-8-23/h3-6H,7-10H2,1-2H3,(H,17,18,20). The van der Waals surface area contributed by atoms with Crippen molar-refractivity contribution in [1.29, 1.82) is 0 Å². The molecule has 3 heterocycles. The van der Waals surface area contributed by atoms with Crippen molar-refractivity contribution in [3.05, 3.63) is 30.0 Å². The van der Waals surface area contributed by atoms with Crippen molar-refractivity contribution in [1.82, 2.24) is 29.3 Å². The number of aromatic nitrogens is 5. The lowest BCUT2D eigenvalue weighted by Crippen LogP contribution is -2.40. The lowest BCUT2D eigenvalue weighted by Gasteiger charge is -2.26. The Morgan fingerprint density at radius 1 is 1.11 bits per heavy atom. The second-order valence-corrected chi connectivity index (χ2v) is 8.12. The van der Waals surface area contributed by atoms with Gasteiger partial charge in [0.15, 0.2) is 5.65 Å². The zero-order valence-electron chi connectivity index (χ0n) is 15.0. The number of sulfonamides is 1.